The number of likely N-dealkylation sites (tertiary alicyclic amines) is 1. The molecule has 0 saturated carbocycles. The van der Waals surface area contributed by atoms with Gasteiger partial charge < -0.3 is 14.7 Å². The lowest BCUT2D eigenvalue weighted by atomic mass is 9.98. The maximum atomic E-state index is 11.0. The Bertz CT molecular complexity index is 670. The Morgan fingerprint density at radius 3 is 2.82 bits per heavy atom. The van der Waals surface area contributed by atoms with E-state index in [2.05, 4.69) is 6.08 Å². The molecule has 2 atom stereocenters. The highest BCUT2D eigenvalue weighted by Crippen LogP contribution is 2.42. The monoisotopic (exact) mass is 304 g/mol. The van der Waals surface area contributed by atoms with Crippen LogP contribution in [0.25, 0.3) is 5.57 Å². The molecule has 1 aromatic rings. The third-order valence-electron chi connectivity index (χ3n) is 4.41. The van der Waals surface area contributed by atoms with E-state index in [1.807, 2.05) is 0 Å². The molecule has 7 heteroatoms. The summed E-state index contributed by atoms with van der Waals surface area (Å²) in [6.45, 7) is 1.07. The van der Waals surface area contributed by atoms with Crippen molar-refractivity contribution in [3.63, 3.8) is 0 Å². The Labute approximate surface area is 126 Å². The number of fused-ring (bicyclic) bond motifs is 1. The van der Waals surface area contributed by atoms with Crippen molar-refractivity contribution in [1.29, 1.82) is 0 Å². The van der Waals surface area contributed by atoms with E-state index >= 15 is 0 Å². The third kappa shape index (κ3) is 2.38. The largest absolute Gasteiger partial charge is 0.490 e. The number of hydrogen-bond donors (Lipinski definition) is 1. The number of carbonyl (C=O) groups is 1. The molecule has 1 N–H and O–H groups in total. The van der Waals surface area contributed by atoms with Crippen molar-refractivity contribution in [3.8, 4) is 5.75 Å². The first-order chi connectivity index (χ1) is 10.5. The SMILES string of the molecule is COc1cc(C2=C[C@H]3CN(C(=O)O)C[C@H]3C2)ccc1[N+](=O)[O-]. The van der Waals surface area contributed by atoms with E-state index in [9.17, 15) is 14.9 Å². The number of nitro groups is 1. The van der Waals surface area contributed by atoms with Gasteiger partial charge >= 0.3 is 11.8 Å². The molecule has 1 amide bonds. The molecule has 1 aliphatic carbocycles. The quantitative estimate of drug-likeness (QED) is 0.684. The minimum atomic E-state index is -0.874. The molecule has 0 unspecified atom stereocenters. The fourth-order valence-electron chi connectivity index (χ4n) is 3.31. The Kier molecular flexibility index (Phi) is 3.48. The first-order valence-electron chi connectivity index (χ1n) is 7.01. The minimum Gasteiger partial charge on any atom is -0.490 e. The average molecular weight is 304 g/mol. The molecule has 1 saturated heterocycles. The second-order valence-corrected chi connectivity index (χ2v) is 5.65. The summed E-state index contributed by atoms with van der Waals surface area (Å²) in [6, 6.07) is 4.86. The fourth-order valence-corrected chi connectivity index (χ4v) is 3.31. The molecular formula is C15H16N2O5. The number of nitrogens with zero attached hydrogens (tertiary/aromatic N) is 2. The molecule has 1 heterocycles. The molecule has 2 aliphatic rings. The van der Waals surface area contributed by atoms with Crippen LogP contribution in [0.5, 0.6) is 5.75 Å². The van der Waals surface area contributed by atoms with Gasteiger partial charge in [-0.15, -0.1) is 0 Å². The summed E-state index contributed by atoms with van der Waals surface area (Å²) in [7, 11) is 1.41. The maximum absolute atomic E-state index is 11.0. The van der Waals surface area contributed by atoms with Crippen molar-refractivity contribution >= 4 is 17.4 Å². The second kappa shape index (κ2) is 5.32. The number of nitro benzene ring substituents is 1. The lowest BCUT2D eigenvalue weighted by Gasteiger charge is -2.13. The van der Waals surface area contributed by atoms with Crippen LogP contribution >= 0.6 is 0 Å². The van der Waals surface area contributed by atoms with Gasteiger partial charge in [-0.25, -0.2) is 4.79 Å². The molecule has 0 bridgehead atoms. The number of carboxylic acid groups (broad SMARTS) is 1. The van der Waals surface area contributed by atoms with Crippen LogP contribution in [-0.4, -0.2) is 41.2 Å². The Balaban J connectivity index is 1.83. The Morgan fingerprint density at radius 2 is 2.23 bits per heavy atom. The molecule has 1 fully saturated rings. The summed E-state index contributed by atoms with van der Waals surface area (Å²) >= 11 is 0. The lowest BCUT2D eigenvalue weighted by Crippen LogP contribution is -2.27. The van der Waals surface area contributed by atoms with E-state index in [0.717, 1.165) is 17.6 Å². The third-order valence-corrected chi connectivity index (χ3v) is 4.41. The van der Waals surface area contributed by atoms with Gasteiger partial charge in [0.2, 0.25) is 0 Å². The summed E-state index contributed by atoms with van der Waals surface area (Å²) in [6.07, 6.45) is 2.00. The van der Waals surface area contributed by atoms with E-state index < -0.39 is 11.0 Å². The number of methoxy groups -OCH3 is 1. The van der Waals surface area contributed by atoms with E-state index in [-0.39, 0.29) is 17.4 Å². The summed E-state index contributed by atoms with van der Waals surface area (Å²) in [4.78, 5) is 22.9. The van der Waals surface area contributed by atoms with Crippen LogP contribution in [0.3, 0.4) is 0 Å². The highest BCUT2D eigenvalue weighted by molar-refractivity contribution is 5.72. The van der Waals surface area contributed by atoms with Crippen LogP contribution in [0.4, 0.5) is 10.5 Å². The van der Waals surface area contributed by atoms with Crippen LogP contribution in [0, 0.1) is 22.0 Å². The molecule has 0 spiro atoms. The number of rotatable bonds is 3. The smallest absolute Gasteiger partial charge is 0.407 e. The van der Waals surface area contributed by atoms with Crippen molar-refractivity contribution in [1.82, 2.24) is 4.90 Å². The minimum absolute atomic E-state index is 0.0536. The van der Waals surface area contributed by atoms with Gasteiger partial charge in [0.15, 0.2) is 5.75 Å². The van der Waals surface area contributed by atoms with Gasteiger partial charge in [-0.2, -0.15) is 0 Å². The van der Waals surface area contributed by atoms with Crippen LogP contribution in [0.1, 0.15) is 12.0 Å². The standard InChI is InChI=1S/C15H16N2O5/c1-22-14-6-9(2-3-13(14)17(20)21)10-4-11-7-16(15(18)19)8-12(11)5-10/h2-4,6,11-12H,5,7-8H2,1H3,(H,18,19)/t11-,12+/m0/s1. The fraction of sp³-hybridized carbons (Fsp3) is 0.400. The molecule has 22 heavy (non-hydrogen) atoms. The van der Waals surface area contributed by atoms with E-state index in [4.69, 9.17) is 9.84 Å². The molecular weight excluding hydrogens is 288 g/mol. The van der Waals surface area contributed by atoms with Crippen molar-refractivity contribution in [2.75, 3.05) is 20.2 Å². The van der Waals surface area contributed by atoms with Gasteiger partial charge in [0.1, 0.15) is 0 Å². The van der Waals surface area contributed by atoms with Gasteiger partial charge in [0.05, 0.1) is 12.0 Å². The molecule has 3 rings (SSSR count). The summed E-state index contributed by atoms with van der Waals surface area (Å²) < 4.78 is 5.09. The molecule has 7 nitrogen and oxygen atoms in total. The van der Waals surface area contributed by atoms with Gasteiger partial charge in [-0.1, -0.05) is 6.08 Å². The number of benzene rings is 1. The highest BCUT2D eigenvalue weighted by atomic mass is 16.6. The van der Waals surface area contributed by atoms with E-state index in [0.29, 0.717) is 19.0 Å². The molecule has 1 aliphatic heterocycles. The zero-order chi connectivity index (χ0) is 15.9. The van der Waals surface area contributed by atoms with Gasteiger partial charge in [0.25, 0.3) is 0 Å². The van der Waals surface area contributed by atoms with Crippen molar-refractivity contribution < 1.29 is 19.6 Å². The Morgan fingerprint density at radius 1 is 1.45 bits per heavy atom. The van der Waals surface area contributed by atoms with Crippen LogP contribution in [-0.2, 0) is 0 Å². The number of amides is 1. The summed E-state index contributed by atoms with van der Waals surface area (Å²) in [5.74, 6) is 0.771. The normalized spacial score (nSPS) is 23.1. The molecule has 0 radical (unpaired) electrons. The van der Waals surface area contributed by atoms with Crippen molar-refractivity contribution in [3.05, 3.63) is 40.0 Å². The van der Waals surface area contributed by atoms with Crippen LogP contribution in [0.15, 0.2) is 24.3 Å². The number of allylic oxidation sites excluding steroid dienone is 1. The summed E-state index contributed by atoms with van der Waals surface area (Å²) in [5, 5.41) is 19.9. The van der Waals surface area contributed by atoms with E-state index in [1.165, 1.54) is 18.1 Å². The van der Waals surface area contributed by atoms with Gasteiger partial charge in [-0.05, 0) is 41.5 Å². The molecule has 116 valence electrons. The lowest BCUT2D eigenvalue weighted by molar-refractivity contribution is -0.385. The first kappa shape index (κ1) is 14.4. The number of hydrogen-bond acceptors (Lipinski definition) is 4. The van der Waals surface area contributed by atoms with Gasteiger partial charge in [-0.3, -0.25) is 10.1 Å². The number of ether oxygens (including phenoxy) is 1. The predicted octanol–water partition coefficient (Wildman–Crippen LogP) is 2.62. The highest BCUT2D eigenvalue weighted by Gasteiger charge is 2.38. The zero-order valence-electron chi connectivity index (χ0n) is 12.1. The first-order valence-corrected chi connectivity index (χ1v) is 7.01. The zero-order valence-corrected chi connectivity index (χ0v) is 12.1. The van der Waals surface area contributed by atoms with Crippen molar-refractivity contribution in [2.24, 2.45) is 11.8 Å². The summed E-state index contributed by atoms with van der Waals surface area (Å²) in [5.41, 5.74) is 1.95. The molecule has 1 aromatic carbocycles. The van der Waals surface area contributed by atoms with Crippen LogP contribution in [0.2, 0.25) is 0 Å². The van der Waals surface area contributed by atoms with Crippen molar-refractivity contribution in [2.45, 2.75) is 6.42 Å². The Hall–Kier alpha value is -2.57. The van der Waals surface area contributed by atoms with Crippen LogP contribution < -0.4 is 4.74 Å². The predicted molar refractivity (Wildman–Crippen MR) is 78.8 cm³/mol. The maximum Gasteiger partial charge on any atom is 0.407 e. The molecule has 0 aromatic heterocycles. The average Bonchev–Trinajstić information content (AvgIpc) is 3.04. The topological polar surface area (TPSA) is 92.9 Å². The van der Waals surface area contributed by atoms with Gasteiger partial charge in [0, 0.05) is 19.2 Å². The second-order valence-electron chi connectivity index (χ2n) is 5.65. The van der Waals surface area contributed by atoms with E-state index in [1.54, 1.807) is 12.1 Å².